The number of para-hydroxylation sites is 1. The van der Waals surface area contributed by atoms with Crippen LogP contribution in [0.25, 0.3) is 33.3 Å². The van der Waals surface area contributed by atoms with Crippen molar-refractivity contribution in [1.82, 2.24) is 4.98 Å². The van der Waals surface area contributed by atoms with Crippen molar-refractivity contribution in [3.8, 4) is 28.7 Å². The molecule has 3 aliphatic heterocycles. The second kappa shape index (κ2) is 15.2. The molecular weight excluding hydrogens is 712 g/mol. The number of ether oxygens (including phenoxy) is 4. The zero-order chi connectivity index (χ0) is 39.9. The Morgan fingerprint density at radius 1 is 1.05 bits per heavy atom. The van der Waals surface area contributed by atoms with Crippen molar-refractivity contribution in [2.24, 2.45) is 11.8 Å². The smallest absolute Gasteiger partial charge is 0.312 e. The standard InChI is InChI=1S/C41H44N2O12/c1-19-10-8-11-21(3)40(50)43-34-36(48)30-29(33-38(34)54-27-13-9-12-25(45)32(27)42-33)31-37(22(4)35(30)47)55-41(6,39(31)49)52-15-14-24(51-7)18-28(53-23(5)44)26(46)17-20(2)16-19/h8-15,19-20,24,26,28,45-47H,16-18H2,1-7H3,(H,43,50)/b10-8+,15-14+,21-11-/t19-,20+,24-,26+,28+,41-/m0/s1. The molecule has 6 atom stereocenters. The zero-order valence-electron chi connectivity index (χ0n) is 31.6. The van der Waals surface area contributed by atoms with E-state index in [9.17, 15) is 34.5 Å². The van der Waals surface area contributed by atoms with E-state index in [1.165, 1.54) is 58.4 Å². The summed E-state index contributed by atoms with van der Waals surface area (Å²) < 4.78 is 29.3. The number of nitrogens with zero attached hydrogens (tertiary/aromatic N) is 1. The van der Waals surface area contributed by atoms with Gasteiger partial charge in [0.15, 0.2) is 11.3 Å². The first-order chi connectivity index (χ1) is 26.0. The number of rotatable bonds is 2. The number of hydrogen-bond acceptors (Lipinski definition) is 13. The maximum atomic E-state index is 14.4. The molecule has 4 bridgehead atoms. The first-order valence-electron chi connectivity index (χ1n) is 17.9. The van der Waals surface area contributed by atoms with Crippen LogP contribution in [-0.2, 0) is 23.8 Å². The van der Waals surface area contributed by atoms with Crippen LogP contribution in [0.4, 0.5) is 5.69 Å². The van der Waals surface area contributed by atoms with Crippen molar-refractivity contribution < 1.29 is 53.1 Å². The highest BCUT2D eigenvalue weighted by Crippen LogP contribution is 2.50. The Kier molecular flexibility index (Phi) is 10.8. The average Bonchev–Trinajstić information content (AvgIpc) is 3.39. The summed E-state index contributed by atoms with van der Waals surface area (Å²) in [5.74, 6) is -5.01. The van der Waals surface area contributed by atoms with E-state index in [2.05, 4.69) is 10.3 Å². The molecule has 0 unspecified atom stereocenters. The SMILES string of the molecule is CO[C@H]1/C=C/O[C@@]2(C)Oc3c(C)c(O)c4c(=O)c(c5oc6cccc(O)c6nc-5c4c3C2=O)NC(=O)/C(C)=C\C=C\[C@H](C)C[C@@H](C)C[C@@H](O)[C@H](OC(C)=O)C1. The first kappa shape index (κ1) is 39.0. The van der Waals surface area contributed by atoms with E-state index < -0.39 is 52.9 Å². The molecule has 14 nitrogen and oxygen atoms in total. The lowest BCUT2D eigenvalue weighted by Crippen LogP contribution is -2.38. The lowest BCUT2D eigenvalue weighted by molar-refractivity contribution is -0.155. The van der Waals surface area contributed by atoms with Crippen molar-refractivity contribution in [2.75, 3.05) is 12.4 Å². The van der Waals surface area contributed by atoms with Gasteiger partial charge in [-0.25, -0.2) is 4.98 Å². The van der Waals surface area contributed by atoms with Crippen LogP contribution >= 0.6 is 0 Å². The molecule has 6 rings (SSSR count). The zero-order valence-corrected chi connectivity index (χ0v) is 31.6. The van der Waals surface area contributed by atoms with Crippen LogP contribution in [0.5, 0.6) is 17.2 Å². The molecule has 0 saturated heterocycles. The molecular formula is C41H44N2O12. The topological polar surface area (TPSA) is 204 Å². The number of ketones is 1. The second-order valence-corrected chi connectivity index (χ2v) is 14.4. The molecule has 0 spiro atoms. The highest BCUT2D eigenvalue weighted by molar-refractivity contribution is 6.22. The fraction of sp³-hybridized carbons (Fsp3) is 0.390. The minimum atomic E-state index is -2.02. The van der Waals surface area contributed by atoms with Crippen LogP contribution in [0.1, 0.15) is 69.8 Å². The normalized spacial score (nSPS) is 27.3. The van der Waals surface area contributed by atoms with Gasteiger partial charge in [0.05, 0.1) is 29.4 Å². The molecule has 0 radical (unpaired) electrons. The van der Waals surface area contributed by atoms with Crippen molar-refractivity contribution >= 4 is 45.2 Å². The van der Waals surface area contributed by atoms with Gasteiger partial charge < -0.3 is 44.0 Å². The van der Waals surface area contributed by atoms with Gasteiger partial charge in [0.2, 0.25) is 5.43 Å². The molecule has 0 saturated carbocycles. The highest BCUT2D eigenvalue weighted by Gasteiger charge is 2.50. The van der Waals surface area contributed by atoms with Crippen LogP contribution in [0.15, 0.2) is 63.6 Å². The number of aliphatic hydroxyl groups is 1. The van der Waals surface area contributed by atoms with E-state index in [0.717, 1.165) is 0 Å². The number of methoxy groups -OCH3 is 1. The van der Waals surface area contributed by atoms with Crippen LogP contribution in [-0.4, -0.2) is 69.2 Å². The molecule has 4 N–H and O–H groups in total. The van der Waals surface area contributed by atoms with E-state index in [1.54, 1.807) is 19.1 Å². The number of carbonyl (C=O) groups is 3. The van der Waals surface area contributed by atoms with Gasteiger partial charge in [-0.05, 0) is 56.7 Å². The monoisotopic (exact) mass is 756 g/mol. The number of esters is 1. The largest absolute Gasteiger partial charge is 0.507 e. The third-order valence-electron chi connectivity index (χ3n) is 10.0. The molecule has 1 amide bonds. The molecule has 4 aliphatic rings. The van der Waals surface area contributed by atoms with Gasteiger partial charge in [0.1, 0.15) is 40.3 Å². The molecule has 2 aromatic carbocycles. The molecule has 1 aliphatic carbocycles. The lowest BCUT2D eigenvalue weighted by atomic mass is 9.89. The number of phenols is 2. The quantitative estimate of drug-likeness (QED) is 0.102. The number of nitrogens with one attached hydrogen (secondary N) is 1. The number of aromatic hydroxyl groups is 2. The van der Waals surface area contributed by atoms with Crippen LogP contribution in [0, 0.1) is 18.8 Å². The lowest BCUT2D eigenvalue weighted by Gasteiger charge is -2.28. The summed E-state index contributed by atoms with van der Waals surface area (Å²) in [6.07, 6.45) is 6.26. The summed E-state index contributed by atoms with van der Waals surface area (Å²) in [7, 11) is 1.43. The number of fused-ring (bicyclic) bond motifs is 2. The number of aliphatic hydroxyl groups excluding tert-OH is 1. The number of amides is 1. The summed E-state index contributed by atoms with van der Waals surface area (Å²) in [5.41, 5.74) is -1.08. The molecule has 290 valence electrons. The number of benzene rings is 3. The Bertz CT molecular complexity index is 2320. The number of anilines is 1. The summed E-state index contributed by atoms with van der Waals surface area (Å²) in [6, 6.07) is 4.42. The van der Waals surface area contributed by atoms with E-state index in [1.807, 2.05) is 19.9 Å². The molecule has 2 aromatic rings. The van der Waals surface area contributed by atoms with E-state index in [4.69, 9.17) is 23.4 Å². The number of hydrogen-bond donors (Lipinski definition) is 4. The van der Waals surface area contributed by atoms with Gasteiger partial charge in [-0.15, -0.1) is 0 Å². The van der Waals surface area contributed by atoms with Gasteiger partial charge >= 0.3 is 11.8 Å². The second-order valence-electron chi connectivity index (χ2n) is 14.4. The summed E-state index contributed by atoms with van der Waals surface area (Å²) in [5, 5.41) is 35.7. The minimum Gasteiger partial charge on any atom is -0.507 e. The Hall–Kier alpha value is -5.73. The summed E-state index contributed by atoms with van der Waals surface area (Å²) in [6.45, 7) is 9.61. The number of aromatic nitrogens is 1. The molecule has 3 heterocycles. The molecule has 0 aromatic heterocycles. The van der Waals surface area contributed by atoms with Crippen molar-refractivity contribution in [3.05, 3.63) is 75.7 Å². The van der Waals surface area contributed by atoms with E-state index in [-0.39, 0.29) is 85.5 Å². The van der Waals surface area contributed by atoms with Crippen LogP contribution in [0.2, 0.25) is 0 Å². The molecule has 55 heavy (non-hydrogen) atoms. The predicted octanol–water partition coefficient (Wildman–Crippen LogP) is 6.19. The first-order valence-corrected chi connectivity index (χ1v) is 17.9. The van der Waals surface area contributed by atoms with E-state index in [0.29, 0.717) is 12.8 Å². The van der Waals surface area contributed by atoms with Crippen LogP contribution in [0.3, 0.4) is 0 Å². The highest BCUT2D eigenvalue weighted by atomic mass is 16.7. The molecule has 14 heteroatoms. The number of phenolic OH excluding ortho intramolecular Hbond substituents is 2. The van der Waals surface area contributed by atoms with Crippen molar-refractivity contribution in [2.45, 2.75) is 84.9 Å². The van der Waals surface area contributed by atoms with E-state index >= 15 is 0 Å². The third-order valence-corrected chi connectivity index (χ3v) is 10.0. The maximum absolute atomic E-state index is 14.4. The average molecular weight is 757 g/mol. The summed E-state index contributed by atoms with van der Waals surface area (Å²) >= 11 is 0. The number of Topliss-reactive ketones (excluding diaryl/α,β-unsaturated/α-hetero) is 1. The van der Waals surface area contributed by atoms with Crippen molar-refractivity contribution in [1.29, 1.82) is 0 Å². The molecule has 0 fully saturated rings. The van der Waals surface area contributed by atoms with Crippen molar-refractivity contribution in [3.63, 3.8) is 0 Å². The maximum Gasteiger partial charge on any atom is 0.312 e. The van der Waals surface area contributed by atoms with Gasteiger partial charge in [-0.1, -0.05) is 38.1 Å². The summed E-state index contributed by atoms with van der Waals surface area (Å²) in [4.78, 5) is 59.1. The third kappa shape index (κ3) is 7.39. The fourth-order valence-corrected chi connectivity index (χ4v) is 7.18. The number of allylic oxidation sites excluding steroid dienone is 3. The Morgan fingerprint density at radius 3 is 2.51 bits per heavy atom. The van der Waals surface area contributed by atoms with Gasteiger partial charge in [-0.2, -0.15) is 0 Å². The van der Waals surface area contributed by atoms with Gasteiger partial charge in [0, 0.05) is 43.9 Å². The minimum absolute atomic E-state index is 0.00468. The fourth-order valence-electron chi connectivity index (χ4n) is 7.18. The van der Waals surface area contributed by atoms with Gasteiger partial charge in [0.25, 0.3) is 11.7 Å². The number of carbonyl (C=O) groups excluding carboxylic acids is 3. The van der Waals surface area contributed by atoms with Gasteiger partial charge in [-0.3, -0.25) is 19.2 Å². The Labute approximate surface area is 316 Å². The Balaban J connectivity index is 1.56. The Morgan fingerprint density at radius 2 is 1.80 bits per heavy atom. The predicted molar refractivity (Wildman–Crippen MR) is 202 cm³/mol. The van der Waals surface area contributed by atoms with Crippen LogP contribution < -0.4 is 15.5 Å².